The fourth-order valence-corrected chi connectivity index (χ4v) is 2.07. The van der Waals surface area contributed by atoms with Gasteiger partial charge in [0.1, 0.15) is 0 Å². The van der Waals surface area contributed by atoms with Crippen molar-refractivity contribution in [2.24, 2.45) is 0 Å². The maximum Gasteiger partial charge on any atom is 0.276 e. The predicted octanol–water partition coefficient (Wildman–Crippen LogP) is 2.02. The van der Waals surface area contributed by atoms with Crippen LogP contribution >= 0.6 is 11.8 Å². The molecule has 0 amide bonds. The van der Waals surface area contributed by atoms with Gasteiger partial charge in [-0.3, -0.25) is 0 Å². The average molecular weight is 170 g/mol. The van der Waals surface area contributed by atoms with Gasteiger partial charge in [0.15, 0.2) is 0 Å². The molecular weight excluding hydrogens is 160 g/mol. The van der Waals surface area contributed by atoms with E-state index in [4.69, 9.17) is 4.42 Å². The van der Waals surface area contributed by atoms with E-state index in [9.17, 15) is 0 Å². The van der Waals surface area contributed by atoms with Crippen molar-refractivity contribution in [3.05, 3.63) is 5.89 Å². The Balaban J connectivity index is 1.95. The normalized spacial score (nSPS) is 18.3. The van der Waals surface area contributed by atoms with Gasteiger partial charge in [-0.1, -0.05) is 18.2 Å². The molecule has 11 heavy (non-hydrogen) atoms. The molecule has 1 aliphatic rings. The van der Waals surface area contributed by atoms with E-state index >= 15 is 0 Å². The van der Waals surface area contributed by atoms with E-state index in [-0.39, 0.29) is 0 Å². The first kappa shape index (κ1) is 7.16. The van der Waals surface area contributed by atoms with Gasteiger partial charge in [-0.05, 0) is 12.8 Å². The van der Waals surface area contributed by atoms with Crippen LogP contribution in [0.1, 0.15) is 25.2 Å². The molecule has 1 aromatic heterocycles. The molecule has 1 heterocycles. The van der Waals surface area contributed by atoms with Crippen LogP contribution in [0.2, 0.25) is 0 Å². The zero-order valence-electron chi connectivity index (χ0n) is 6.41. The van der Waals surface area contributed by atoms with Crippen molar-refractivity contribution >= 4 is 11.8 Å². The molecule has 3 nitrogen and oxygen atoms in total. The van der Waals surface area contributed by atoms with E-state index < -0.39 is 0 Å². The minimum atomic E-state index is 0.659. The van der Waals surface area contributed by atoms with Crippen LogP contribution in [-0.4, -0.2) is 15.4 Å². The number of hydrogen-bond donors (Lipinski definition) is 0. The summed E-state index contributed by atoms with van der Waals surface area (Å²) in [7, 11) is 0. The molecule has 0 unspecified atom stereocenters. The van der Waals surface area contributed by atoms with Gasteiger partial charge in [0.2, 0.25) is 5.89 Å². The highest BCUT2D eigenvalue weighted by Crippen LogP contribution is 2.35. The van der Waals surface area contributed by atoms with Crippen LogP contribution in [0.5, 0.6) is 0 Å². The van der Waals surface area contributed by atoms with E-state index in [2.05, 4.69) is 10.2 Å². The average Bonchev–Trinajstić information content (AvgIpc) is 2.27. The lowest BCUT2D eigenvalue weighted by Gasteiger charge is -2.22. The standard InChI is InChI=1S/C7H10N2OS/c1-5-8-9-7(10-5)11-6-3-2-4-6/h6H,2-4H2,1H3. The molecule has 1 aliphatic carbocycles. The first-order valence-corrected chi connectivity index (χ1v) is 4.69. The molecule has 1 fully saturated rings. The summed E-state index contributed by atoms with van der Waals surface area (Å²) in [6.07, 6.45) is 3.95. The maximum atomic E-state index is 5.23. The van der Waals surface area contributed by atoms with E-state index in [1.54, 1.807) is 11.8 Å². The molecule has 0 aromatic carbocycles. The Bertz CT molecular complexity index is 244. The van der Waals surface area contributed by atoms with E-state index in [1.807, 2.05) is 6.92 Å². The van der Waals surface area contributed by atoms with Crippen molar-refractivity contribution in [2.75, 3.05) is 0 Å². The molecule has 4 heteroatoms. The summed E-state index contributed by atoms with van der Waals surface area (Å²) >= 11 is 1.71. The van der Waals surface area contributed by atoms with Crippen molar-refractivity contribution in [1.29, 1.82) is 0 Å². The predicted molar refractivity (Wildman–Crippen MR) is 42.5 cm³/mol. The Morgan fingerprint density at radius 3 is 2.73 bits per heavy atom. The molecule has 0 radical (unpaired) electrons. The molecule has 1 saturated carbocycles. The van der Waals surface area contributed by atoms with Crippen molar-refractivity contribution in [3.63, 3.8) is 0 Å². The van der Waals surface area contributed by atoms with Crippen LogP contribution in [0.4, 0.5) is 0 Å². The lowest BCUT2D eigenvalue weighted by molar-refractivity contribution is 0.423. The molecular formula is C7H10N2OS. The van der Waals surface area contributed by atoms with Crippen molar-refractivity contribution < 1.29 is 4.42 Å². The van der Waals surface area contributed by atoms with Gasteiger partial charge >= 0.3 is 0 Å². The van der Waals surface area contributed by atoms with Gasteiger partial charge in [0, 0.05) is 12.2 Å². The molecule has 0 bridgehead atoms. The first-order valence-electron chi connectivity index (χ1n) is 3.81. The fraction of sp³-hybridized carbons (Fsp3) is 0.714. The van der Waals surface area contributed by atoms with E-state index in [1.165, 1.54) is 19.3 Å². The van der Waals surface area contributed by atoms with Crippen molar-refractivity contribution in [2.45, 2.75) is 36.7 Å². The van der Waals surface area contributed by atoms with Crippen LogP contribution < -0.4 is 0 Å². The second kappa shape index (κ2) is 2.85. The number of rotatable bonds is 2. The summed E-state index contributed by atoms with van der Waals surface area (Å²) in [6.45, 7) is 1.82. The summed E-state index contributed by atoms with van der Waals surface area (Å²) in [5, 5.41) is 9.13. The molecule has 0 N–H and O–H groups in total. The molecule has 0 atom stereocenters. The van der Waals surface area contributed by atoms with Crippen LogP contribution in [0, 0.1) is 6.92 Å². The molecule has 1 aromatic rings. The number of aromatic nitrogens is 2. The Kier molecular flexibility index (Phi) is 1.85. The molecule has 0 spiro atoms. The van der Waals surface area contributed by atoms with Gasteiger partial charge in [0.05, 0.1) is 0 Å². The van der Waals surface area contributed by atoms with Gasteiger partial charge < -0.3 is 4.42 Å². The van der Waals surface area contributed by atoms with Crippen LogP contribution in [0.25, 0.3) is 0 Å². The number of aryl methyl sites for hydroxylation is 1. The largest absolute Gasteiger partial charge is 0.416 e. The zero-order chi connectivity index (χ0) is 7.68. The number of nitrogens with zero attached hydrogens (tertiary/aromatic N) is 2. The minimum Gasteiger partial charge on any atom is -0.416 e. The minimum absolute atomic E-state index is 0.659. The van der Waals surface area contributed by atoms with Crippen LogP contribution in [0.3, 0.4) is 0 Å². The van der Waals surface area contributed by atoms with Gasteiger partial charge in [-0.2, -0.15) is 0 Å². The second-order valence-corrected chi connectivity index (χ2v) is 4.01. The van der Waals surface area contributed by atoms with E-state index in [0.29, 0.717) is 5.89 Å². The third kappa shape index (κ3) is 1.56. The highest BCUT2D eigenvalue weighted by molar-refractivity contribution is 7.99. The quantitative estimate of drug-likeness (QED) is 0.680. The molecule has 2 rings (SSSR count). The molecule has 0 saturated heterocycles. The summed E-state index contributed by atoms with van der Waals surface area (Å²) in [5.74, 6) is 0.659. The highest BCUT2D eigenvalue weighted by atomic mass is 32.2. The Morgan fingerprint density at radius 2 is 2.27 bits per heavy atom. The van der Waals surface area contributed by atoms with Crippen LogP contribution in [-0.2, 0) is 0 Å². The number of thioether (sulfide) groups is 1. The topological polar surface area (TPSA) is 38.9 Å². The third-order valence-corrected chi connectivity index (χ3v) is 3.00. The monoisotopic (exact) mass is 170 g/mol. The first-order chi connectivity index (χ1) is 5.34. The fourth-order valence-electron chi connectivity index (χ4n) is 0.957. The SMILES string of the molecule is Cc1nnc(SC2CCC2)o1. The lowest BCUT2D eigenvalue weighted by atomic mass is 10.0. The van der Waals surface area contributed by atoms with Gasteiger partial charge in [0.25, 0.3) is 5.22 Å². The Hall–Kier alpha value is -0.510. The van der Waals surface area contributed by atoms with Crippen molar-refractivity contribution in [3.8, 4) is 0 Å². The van der Waals surface area contributed by atoms with Gasteiger partial charge in [-0.25, -0.2) is 0 Å². The maximum absolute atomic E-state index is 5.23. The Labute approximate surface area is 69.6 Å². The molecule has 0 aliphatic heterocycles. The second-order valence-electron chi connectivity index (χ2n) is 2.76. The summed E-state index contributed by atoms with van der Waals surface area (Å²) in [4.78, 5) is 0. The summed E-state index contributed by atoms with van der Waals surface area (Å²) < 4.78 is 5.23. The summed E-state index contributed by atoms with van der Waals surface area (Å²) in [6, 6.07) is 0. The zero-order valence-corrected chi connectivity index (χ0v) is 7.23. The smallest absolute Gasteiger partial charge is 0.276 e. The van der Waals surface area contributed by atoms with Crippen molar-refractivity contribution in [1.82, 2.24) is 10.2 Å². The molecule has 60 valence electrons. The highest BCUT2D eigenvalue weighted by Gasteiger charge is 2.20. The lowest BCUT2D eigenvalue weighted by Crippen LogP contribution is -2.12. The van der Waals surface area contributed by atoms with Crippen LogP contribution in [0.15, 0.2) is 9.64 Å². The Morgan fingerprint density at radius 1 is 1.45 bits per heavy atom. The number of hydrogen-bond acceptors (Lipinski definition) is 4. The van der Waals surface area contributed by atoms with E-state index in [0.717, 1.165) is 10.5 Å². The summed E-state index contributed by atoms with van der Waals surface area (Å²) in [5.41, 5.74) is 0. The van der Waals surface area contributed by atoms with Gasteiger partial charge in [-0.15, -0.1) is 10.2 Å². The third-order valence-electron chi connectivity index (χ3n) is 1.83.